The minimum atomic E-state index is -2.43. The summed E-state index contributed by atoms with van der Waals surface area (Å²) in [5, 5.41) is 54.0. The average Bonchev–Trinajstić information content (AvgIpc) is 2.84. The molecule has 0 unspecified atom stereocenters. The largest absolute Gasteiger partial charge is 0.508 e. The van der Waals surface area contributed by atoms with Gasteiger partial charge in [-0.2, -0.15) is 0 Å². The van der Waals surface area contributed by atoms with E-state index >= 15 is 0 Å². The minimum absolute atomic E-state index is 0.000258. The van der Waals surface area contributed by atoms with Crippen molar-refractivity contribution in [1.29, 1.82) is 0 Å². The summed E-state index contributed by atoms with van der Waals surface area (Å²) in [6, 6.07) is 6.13. The standard InChI is InChI=1S/C27H28O11/c1-10(28)18-23(33)24(36-3)14-8-13-7-12-5-4-6-15(29)19(12)22(32)20(13)26(35)27(14,25(18)34)38-17-9-16(30)21(31)11(2)37-17/h4-7,11,14,16-17,21,24,29-32,34H,8-9H2,1-3H3/t11-,14+,16-,17+,21-,24+,27-/m1/s1. The molecule has 2 aromatic rings. The summed E-state index contributed by atoms with van der Waals surface area (Å²) in [6.07, 6.45) is -6.58. The van der Waals surface area contributed by atoms with Crippen LogP contribution in [0.15, 0.2) is 35.6 Å². The Hall–Kier alpha value is -3.35. The average molecular weight is 529 g/mol. The van der Waals surface area contributed by atoms with Crippen molar-refractivity contribution in [2.24, 2.45) is 5.92 Å². The zero-order chi connectivity index (χ0) is 27.7. The third-order valence-electron chi connectivity index (χ3n) is 7.78. The van der Waals surface area contributed by atoms with Gasteiger partial charge in [0.1, 0.15) is 35.0 Å². The van der Waals surface area contributed by atoms with Crippen LogP contribution in [0.1, 0.15) is 36.2 Å². The molecule has 0 aromatic heterocycles. The zero-order valence-corrected chi connectivity index (χ0v) is 20.9. The number of methoxy groups -OCH3 is 1. The lowest BCUT2D eigenvalue weighted by molar-refractivity contribution is -0.281. The van der Waals surface area contributed by atoms with Gasteiger partial charge in [-0.1, -0.05) is 18.2 Å². The first-order valence-corrected chi connectivity index (χ1v) is 12.2. The summed E-state index contributed by atoms with van der Waals surface area (Å²) >= 11 is 0. The molecule has 1 aliphatic heterocycles. The third-order valence-corrected chi connectivity index (χ3v) is 7.78. The van der Waals surface area contributed by atoms with E-state index in [4.69, 9.17) is 14.2 Å². The molecule has 1 heterocycles. The number of phenolic OH excluding ortho intramolecular Hbond substituents is 2. The van der Waals surface area contributed by atoms with Gasteiger partial charge in [0.05, 0.1) is 23.2 Å². The highest BCUT2D eigenvalue weighted by Gasteiger charge is 2.64. The SMILES string of the molecule is CO[C@@H]1C(=O)C(C(C)=O)=C(O)[C@@]2(O[C@H]3C[C@@H](O)[C@H](O)[C@@H](C)O3)C(=O)c3c(cc4cccc(O)c4c3O)C[C@@H]12. The van der Waals surface area contributed by atoms with Crippen LogP contribution in [0, 0.1) is 5.92 Å². The molecular weight excluding hydrogens is 500 g/mol. The first kappa shape index (κ1) is 26.3. The van der Waals surface area contributed by atoms with E-state index < -0.39 is 76.7 Å². The molecule has 5 rings (SSSR count). The highest BCUT2D eigenvalue weighted by molar-refractivity contribution is 6.25. The fourth-order valence-electron chi connectivity index (χ4n) is 5.97. The molecule has 38 heavy (non-hydrogen) atoms. The fraction of sp³-hybridized carbons (Fsp3) is 0.444. The minimum Gasteiger partial charge on any atom is -0.508 e. The van der Waals surface area contributed by atoms with Crippen LogP contribution >= 0.6 is 0 Å². The summed E-state index contributed by atoms with van der Waals surface area (Å²) in [6.45, 7) is 2.53. The van der Waals surface area contributed by atoms with E-state index in [1.54, 1.807) is 18.2 Å². The maximum absolute atomic E-state index is 14.4. The van der Waals surface area contributed by atoms with Crippen LogP contribution in [-0.4, -0.2) is 86.3 Å². The van der Waals surface area contributed by atoms with Gasteiger partial charge in [-0.25, -0.2) is 0 Å². The molecule has 2 aliphatic carbocycles. The molecule has 11 heteroatoms. The quantitative estimate of drug-likeness (QED) is 0.360. The Kier molecular flexibility index (Phi) is 6.32. The molecule has 3 aliphatic rings. The van der Waals surface area contributed by atoms with Crippen LogP contribution in [0.3, 0.4) is 0 Å². The molecular formula is C27H28O11. The lowest BCUT2D eigenvalue weighted by atomic mass is 9.62. The van der Waals surface area contributed by atoms with Crippen LogP contribution in [0.2, 0.25) is 0 Å². The first-order valence-electron chi connectivity index (χ1n) is 12.2. The second-order valence-electron chi connectivity index (χ2n) is 9.99. The molecule has 0 spiro atoms. The van der Waals surface area contributed by atoms with E-state index in [0.717, 1.165) is 6.92 Å². The number of rotatable bonds is 4. The number of benzene rings is 2. The van der Waals surface area contributed by atoms with Crippen molar-refractivity contribution >= 4 is 28.1 Å². The van der Waals surface area contributed by atoms with E-state index in [9.17, 15) is 39.9 Å². The van der Waals surface area contributed by atoms with Crippen molar-refractivity contribution in [2.75, 3.05) is 7.11 Å². The van der Waals surface area contributed by atoms with E-state index in [1.165, 1.54) is 20.1 Å². The van der Waals surface area contributed by atoms with Gasteiger partial charge in [0.25, 0.3) is 0 Å². The molecule has 1 saturated heterocycles. The van der Waals surface area contributed by atoms with Gasteiger partial charge in [-0.05, 0) is 37.3 Å². The molecule has 0 bridgehead atoms. The molecule has 202 valence electrons. The van der Waals surface area contributed by atoms with Gasteiger partial charge < -0.3 is 39.7 Å². The maximum atomic E-state index is 14.4. The van der Waals surface area contributed by atoms with Gasteiger partial charge in [-0.15, -0.1) is 0 Å². The number of ether oxygens (including phenoxy) is 3. The van der Waals surface area contributed by atoms with Gasteiger partial charge in [0.2, 0.25) is 5.78 Å². The normalized spacial score (nSPS) is 33.3. The van der Waals surface area contributed by atoms with Crippen molar-refractivity contribution in [3.63, 3.8) is 0 Å². The Morgan fingerprint density at radius 2 is 1.87 bits per heavy atom. The molecule has 11 nitrogen and oxygen atoms in total. The Morgan fingerprint density at radius 3 is 2.50 bits per heavy atom. The predicted molar refractivity (Wildman–Crippen MR) is 130 cm³/mol. The molecule has 5 N–H and O–H groups in total. The second-order valence-corrected chi connectivity index (χ2v) is 9.99. The van der Waals surface area contributed by atoms with Crippen LogP contribution in [-0.2, 0) is 30.2 Å². The maximum Gasteiger partial charge on any atom is 0.207 e. The summed E-state index contributed by atoms with van der Waals surface area (Å²) < 4.78 is 17.3. The lowest BCUT2D eigenvalue weighted by Gasteiger charge is -2.50. The predicted octanol–water partition coefficient (Wildman–Crippen LogP) is 1.22. The molecule has 1 fully saturated rings. The lowest BCUT2D eigenvalue weighted by Crippen LogP contribution is -2.65. The molecule has 0 saturated carbocycles. The number of aliphatic hydroxyl groups is 3. The summed E-state index contributed by atoms with van der Waals surface area (Å²) in [4.78, 5) is 40.2. The van der Waals surface area contributed by atoms with Crippen LogP contribution in [0.5, 0.6) is 11.5 Å². The van der Waals surface area contributed by atoms with Crippen molar-refractivity contribution in [2.45, 2.75) is 63.0 Å². The van der Waals surface area contributed by atoms with Gasteiger partial charge in [-0.3, -0.25) is 14.4 Å². The van der Waals surface area contributed by atoms with Crippen molar-refractivity contribution in [1.82, 2.24) is 0 Å². The Labute approximate surface area is 216 Å². The smallest absolute Gasteiger partial charge is 0.207 e. The number of carbonyl (C=O) groups is 3. The molecule has 0 amide bonds. The number of ketones is 3. The van der Waals surface area contributed by atoms with Gasteiger partial charge >= 0.3 is 0 Å². The van der Waals surface area contributed by atoms with E-state index in [0.29, 0.717) is 10.9 Å². The first-order chi connectivity index (χ1) is 17.9. The Bertz CT molecular complexity index is 1380. The Balaban J connectivity index is 1.78. The van der Waals surface area contributed by atoms with Crippen molar-refractivity contribution in [3.8, 4) is 11.5 Å². The third kappa shape index (κ3) is 3.57. The van der Waals surface area contributed by atoms with E-state index in [1.807, 2.05) is 0 Å². The summed E-state index contributed by atoms with van der Waals surface area (Å²) in [5.41, 5.74) is -3.06. The number of aromatic hydroxyl groups is 2. The highest BCUT2D eigenvalue weighted by Crippen LogP contribution is 2.52. The summed E-state index contributed by atoms with van der Waals surface area (Å²) in [7, 11) is 1.22. The summed E-state index contributed by atoms with van der Waals surface area (Å²) in [5.74, 6) is -5.62. The second kappa shape index (κ2) is 9.14. The van der Waals surface area contributed by atoms with Crippen molar-refractivity contribution in [3.05, 3.63) is 46.7 Å². The number of aliphatic hydroxyl groups excluding tert-OH is 3. The number of hydrogen-bond donors (Lipinski definition) is 5. The number of fused-ring (bicyclic) bond motifs is 3. The Morgan fingerprint density at radius 1 is 1.16 bits per heavy atom. The van der Waals surface area contributed by atoms with E-state index in [-0.39, 0.29) is 29.5 Å². The number of carbonyl (C=O) groups excluding carboxylic acids is 3. The monoisotopic (exact) mass is 528 g/mol. The van der Waals surface area contributed by atoms with Crippen LogP contribution in [0.4, 0.5) is 0 Å². The molecule has 7 atom stereocenters. The fourth-order valence-corrected chi connectivity index (χ4v) is 5.97. The molecule has 2 aromatic carbocycles. The molecule has 0 radical (unpaired) electrons. The van der Waals surface area contributed by atoms with Gasteiger partial charge in [0.15, 0.2) is 23.5 Å². The number of phenols is 2. The van der Waals surface area contributed by atoms with Crippen LogP contribution < -0.4 is 0 Å². The number of hydrogen-bond acceptors (Lipinski definition) is 11. The zero-order valence-electron chi connectivity index (χ0n) is 20.9. The number of Topliss-reactive ketones (excluding diaryl/α,β-unsaturated/α-hetero) is 3. The van der Waals surface area contributed by atoms with Crippen LogP contribution in [0.25, 0.3) is 10.8 Å². The van der Waals surface area contributed by atoms with E-state index in [2.05, 4.69) is 0 Å². The van der Waals surface area contributed by atoms with Gasteiger partial charge in [0, 0.05) is 19.4 Å². The topological polar surface area (TPSA) is 180 Å². The van der Waals surface area contributed by atoms with Crippen molar-refractivity contribution < 1.29 is 54.1 Å². The highest BCUT2D eigenvalue weighted by atomic mass is 16.7.